The van der Waals surface area contributed by atoms with Gasteiger partial charge in [0.2, 0.25) is 0 Å². The van der Waals surface area contributed by atoms with Gasteiger partial charge < -0.3 is 9.47 Å². The fourth-order valence-electron chi connectivity index (χ4n) is 1.74. The van der Waals surface area contributed by atoms with Crippen molar-refractivity contribution in [3.05, 3.63) is 0 Å². The van der Waals surface area contributed by atoms with E-state index in [-0.39, 0.29) is 24.1 Å². The van der Waals surface area contributed by atoms with Gasteiger partial charge in [0, 0.05) is 13.0 Å². The summed E-state index contributed by atoms with van der Waals surface area (Å²) in [5.74, 6) is 0.181. The van der Waals surface area contributed by atoms with Crippen LogP contribution in [-0.4, -0.2) is 30.7 Å². The van der Waals surface area contributed by atoms with Gasteiger partial charge in [-0.05, 0) is 20.3 Å². The van der Waals surface area contributed by atoms with Crippen molar-refractivity contribution in [1.82, 2.24) is 0 Å². The first kappa shape index (κ1) is 11.7. The second-order valence-corrected chi connectivity index (χ2v) is 3.82. The molecule has 0 aromatic rings. The summed E-state index contributed by atoms with van der Waals surface area (Å²) in [5.41, 5.74) is 0. The van der Waals surface area contributed by atoms with Crippen LogP contribution in [0.15, 0.2) is 0 Å². The van der Waals surface area contributed by atoms with Crippen LogP contribution in [0.1, 0.15) is 40.0 Å². The van der Waals surface area contributed by atoms with Crippen LogP contribution in [0, 0.1) is 0 Å². The van der Waals surface area contributed by atoms with Gasteiger partial charge in [0.25, 0.3) is 0 Å². The van der Waals surface area contributed by atoms with Crippen LogP contribution in [0.25, 0.3) is 0 Å². The lowest BCUT2D eigenvalue weighted by Gasteiger charge is -2.36. The lowest BCUT2D eigenvalue weighted by atomic mass is 9.89. The molecule has 0 N–H and O–H groups in total. The van der Waals surface area contributed by atoms with Crippen LogP contribution < -0.4 is 0 Å². The summed E-state index contributed by atoms with van der Waals surface area (Å²) < 4.78 is 11.0. The van der Waals surface area contributed by atoms with E-state index in [2.05, 4.69) is 13.8 Å². The smallest absolute Gasteiger partial charge is 0.166 e. The van der Waals surface area contributed by atoms with Gasteiger partial charge in [-0.25, -0.2) is 0 Å². The molecule has 3 unspecified atom stereocenters. The molecule has 1 aliphatic rings. The monoisotopic (exact) mass is 200 g/mol. The number of Topliss-reactive ketones (excluding diaryl/α,β-unsaturated/α-hetero) is 1. The maximum absolute atomic E-state index is 11.2. The molecule has 0 heterocycles. The van der Waals surface area contributed by atoms with Crippen LogP contribution in [0.2, 0.25) is 0 Å². The van der Waals surface area contributed by atoms with Crippen LogP contribution in [0.5, 0.6) is 0 Å². The number of rotatable bonds is 6. The zero-order valence-electron chi connectivity index (χ0n) is 9.29. The van der Waals surface area contributed by atoms with Crippen molar-refractivity contribution in [2.24, 2.45) is 0 Å². The zero-order valence-corrected chi connectivity index (χ0v) is 9.29. The van der Waals surface area contributed by atoms with Crippen LogP contribution >= 0.6 is 0 Å². The molecule has 1 rings (SSSR count). The third-order valence-electron chi connectivity index (χ3n) is 2.51. The number of carbonyl (C=O) groups excluding carboxylic acids is 1. The molecule has 1 aliphatic carbocycles. The van der Waals surface area contributed by atoms with Crippen molar-refractivity contribution in [2.75, 3.05) is 6.61 Å². The Bertz CT molecular complexity index is 191. The van der Waals surface area contributed by atoms with E-state index in [1.165, 1.54) is 0 Å². The zero-order chi connectivity index (χ0) is 10.6. The van der Waals surface area contributed by atoms with Gasteiger partial charge in [-0.3, -0.25) is 4.79 Å². The lowest BCUT2D eigenvalue weighted by Crippen LogP contribution is -2.51. The second kappa shape index (κ2) is 5.47. The van der Waals surface area contributed by atoms with Gasteiger partial charge in [0.15, 0.2) is 5.78 Å². The highest BCUT2D eigenvalue weighted by Crippen LogP contribution is 2.24. The van der Waals surface area contributed by atoms with E-state index in [0.29, 0.717) is 13.0 Å². The molecule has 0 aromatic carbocycles. The largest absolute Gasteiger partial charge is 0.372 e. The molecule has 1 saturated carbocycles. The molecular formula is C11H20O3. The SMILES string of the molecule is CCCC(C)OC1CC(=O)C1OCC. The Labute approximate surface area is 85.8 Å². The Hall–Kier alpha value is -0.410. The Morgan fingerprint density at radius 1 is 1.50 bits per heavy atom. The summed E-state index contributed by atoms with van der Waals surface area (Å²) in [7, 11) is 0. The first-order valence-corrected chi connectivity index (χ1v) is 5.48. The van der Waals surface area contributed by atoms with Crippen molar-refractivity contribution >= 4 is 5.78 Å². The molecule has 3 atom stereocenters. The molecule has 3 heteroatoms. The van der Waals surface area contributed by atoms with Crippen LogP contribution in [0.3, 0.4) is 0 Å². The molecule has 0 aromatic heterocycles. The van der Waals surface area contributed by atoms with E-state index in [9.17, 15) is 4.79 Å². The fraction of sp³-hybridized carbons (Fsp3) is 0.909. The number of ether oxygens (including phenoxy) is 2. The molecule has 0 radical (unpaired) electrons. The highest BCUT2D eigenvalue weighted by atomic mass is 16.6. The molecule has 14 heavy (non-hydrogen) atoms. The Balaban J connectivity index is 2.28. The van der Waals surface area contributed by atoms with Crippen molar-refractivity contribution < 1.29 is 14.3 Å². The highest BCUT2D eigenvalue weighted by molar-refractivity contribution is 5.90. The van der Waals surface area contributed by atoms with Gasteiger partial charge in [-0.2, -0.15) is 0 Å². The maximum atomic E-state index is 11.2. The molecule has 0 aliphatic heterocycles. The average Bonchev–Trinajstić information content (AvgIpc) is 2.14. The quantitative estimate of drug-likeness (QED) is 0.657. The molecule has 1 fully saturated rings. The van der Waals surface area contributed by atoms with E-state index < -0.39 is 0 Å². The predicted octanol–water partition coefficient (Wildman–Crippen LogP) is 1.94. The lowest BCUT2D eigenvalue weighted by molar-refractivity contribution is -0.172. The Morgan fingerprint density at radius 3 is 2.71 bits per heavy atom. The molecule has 0 bridgehead atoms. The summed E-state index contributed by atoms with van der Waals surface area (Å²) in [5, 5.41) is 0. The van der Waals surface area contributed by atoms with Gasteiger partial charge in [0.1, 0.15) is 6.10 Å². The first-order chi connectivity index (χ1) is 6.69. The topological polar surface area (TPSA) is 35.5 Å². The minimum Gasteiger partial charge on any atom is -0.372 e. The molecule has 82 valence electrons. The second-order valence-electron chi connectivity index (χ2n) is 3.82. The first-order valence-electron chi connectivity index (χ1n) is 5.48. The van der Waals surface area contributed by atoms with Gasteiger partial charge in [-0.1, -0.05) is 13.3 Å². The number of hydrogen-bond acceptors (Lipinski definition) is 3. The van der Waals surface area contributed by atoms with Crippen LogP contribution in [0.4, 0.5) is 0 Å². The third kappa shape index (κ3) is 2.79. The third-order valence-corrected chi connectivity index (χ3v) is 2.51. The predicted molar refractivity (Wildman–Crippen MR) is 54.3 cm³/mol. The van der Waals surface area contributed by atoms with Gasteiger partial charge in [-0.15, -0.1) is 0 Å². The van der Waals surface area contributed by atoms with Crippen molar-refractivity contribution in [3.63, 3.8) is 0 Å². The average molecular weight is 200 g/mol. The summed E-state index contributed by atoms with van der Waals surface area (Å²) in [6.45, 7) is 6.66. The van der Waals surface area contributed by atoms with E-state index in [4.69, 9.17) is 9.47 Å². The number of hydrogen-bond donors (Lipinski definition) is 0. The fourth-order valence-corrected chi connectivity index (χ4v) is 1.74. The minimum absolute atomic E-state index is 0.00370. The summed E-state index contributed by atoms with van der Waals surface area (Å²) in [6.07, 6.45) is 2.63. The van der Waals surface area contributed by atoms with E-state index in [0.717, 1.165) is 12.8 Å². The van der Waals surface area contributed by atoms with E-state index in [1.54, 1.807) is 0 Å². The summed E-state index contributed by atoms with van der Waals surface area (Å²) in [6, 6.07) is 0. The highest BCUT2D eigenvalue weighted by Gasteiger charge is 2.41. The Morgan fingerprint density at radius 2 is 2.21 bits per heavy atom. The van der Waals surface area contributed by atoms with Crippen LogP contribution in [-0.2, 0) is 14.3 Å². The van der Waals surface area contributed by atoms with E-state index >= 15 is 0 Å². The van der Waals surface area contributed by atoms with E-state index in [1.807, 2.05) is 6.92 Å². The van der Waals surface area contributed by atoms with Crippen molar-refractivity contribution in [3.8, 4) is 0 Å². The standard InChI is InChI=1S/C11H20O3/c1-4-6-8(3)14-10-7-9(12)11(10)13-5-2/h8,10-11H,4-7H2,1-3H3. The normalized spacial score (nSPS) is 28.6. The van der Waals surface area contributed by atoms with Crippen molar-refractivity contribution in [2.45, 2.75) is 58.3 Å². The molecule has 0 saturated heterocycles. The van der Waals surface area contributed by atoms with Crippen molar-refractivity contribution in [1.29, 1.82) is 0 Å². The number of ketones is 1. The minimum atomic E-state index is -0.292. The van der Waals surface area contributed by atoms with Gasteiger partial charge >= 0.3 is 0 Å². The maximum Gasteiger partial charge on any atom is 0.166 e. The summed E-state index contributed by atoms with van der Waals surface area (Å²) in [4.78, 5) is 11.2. The summed E-state index contributed by atoms with van der Waals surface area (Å²) >= 11 is 0. The molecule has 0 spiro atoms. The Kier molecular flexibility index (Phi) is 4.55. The van der Waals surface area contributed by atoms with Gasteiger partial charge in [0.05, 0.1) is 12.2 Å². The molecule has 3 nitrogen and oxygen atoms in total. The number of carbonyl (C=O) groups is 1. The molecular weight excluding hydrogens is 180 g/mol. The molecule has 0 amide bonds.